The van der Waals surface area contributed by atoms with E-state index in [1.54, 1.807) is 0 Å². The lowest BCUT2D eigenvalue weighted by Crippen LogP contribution is -2.22. The van der Waals surface area contributed by atoms with Crippen LogP contribution in [-0.4, -0.2) is 19.7 Å². The molecular weight excluding hydrogens is 262 g/mol. The fraction of sp³-hybridized carbons (Fsp3) is 0.222. The van der Waals surface area contributed by atoms with Gasteiger partial charge in [0.1, 0.15) is 23.9 Å². The van der Waals surface area contributed by atoms with Crippen molar-refractivity contribution < 1.29 is 9.47 Å². The minimum Gasteiger partial charge on any atom is -0.489 e. The third-order valence-corrected chi connectivity index (χ3v) is 3.38. The van der Waals surface area contributed by atoms with Crippen LogP contribution in [-0.2, 0) is 0 Å². The van der Waals surface area contributed by atoms with E-state index >= 15 is 0 Å². The molecule has 0 amide bonds. The van der Waals surface area contributed by atoms with E-state index in [4.69, 9.17) is 9.47 Å². The van der Waals surface area contributed by atoms with Crippen molar-refractivity contribution in [2.24, 2.45) is 0 Å². The summed E-state index contributed by atoms with van der Waals surface area (Å²) in [5, 5.41) is 3.30. The maximum absolute atomic E-state index is 5.80. The molecule has 1 aliphatic rings. The van der Waals surface area contributed by atoms with Crippen LogP contribution in [0.25, 0.3) is 0 Å². The number of hydrogen-bond donors (Lipinski definition) is 1. The first-order valence-corrected chi connectivity index (χ1v) is 7.24. The quantitative estimate of drug-likeness (QED) is 0.846. The van der Waals surface area contributed by atoms with Crippen LogP contribution in [0.4, 0.5) is 0 Å². The van der Waals surface area contributed by atoms with Crippen LogP contribution >= 0.6 is 0 Å². The molecule has 0 fully saturated rings. The summed E-state index contributed by atoms with van der Waals surface area (Å²) in [5.74, 6) is 2.52. The summed E-state index contributed by atoms with van der Waals surface area (Å²) in [6.07, 6.45) is 3.27. The molecule has 2 aromatic carbocycles. The van der Waals surface area contributed by atoms with Gasteiger partial charge in [-0.25, -0.2) is 0 Å². The van der Waals surface area contributed by atoms with Crippen molar-refractivity contribution in [3.63, 3.8) is 0 Å². The van der Waals surface area contributed by atoms with Crippen molar-refractivity contribution in [2.45, 2.75) is 6.42 Å². The van der Waals surface area contributed by atoms with Gasteiger partial charge in [-0.2, -0.15) is 0 Å². The summed E-state index contributed by atoms with van der Waals surface area (Å²) in [6, 6.07) is 17.5. The molecule has 0 saturated heterocycles. The molecule has 3 rings (SSSR count). The fourth-order valence-corrected chi connectivity index (χ4v) is 2.21. The molecule has 1 heterocycles. The number of nitrogens with one attached hydrogen (secondary N) is 1. The Morgan fingerprint density at radius 1 is 0.857 bits per heavy atom. The third kappa shape index (κ3) is 4.10. The highest BCUT2D eigenvalue weighted by Crippen LogP contribution is 2.23. The van der Waals surface area contributed by atoms with Crippen LogP contribution in [0, 0.1) is 0 Å². The Morgan fingerprint density at radius 3 is 2.29 bits per heavy atom. The van der Waals surface area contributed by atoms with Gasteiger partial charge in [0.25, 0.3) is 0 Å². The van der Waals surface area contributed by atoms with E-state index in [0.29, 0.717) is 6.61 Å². The smallest absolute Gasteiger partial charge is 0.127 e. The van der Waals surface area contributed by atoms with E-state index in [1.807, 2.05) is 54.6 Å². The van der Waals surface area contributed by atoms with E-state index < -0.39 is 0 Å². The van der Waals surface area contributed by atoms with Crippen molar-refractivity contribution in [1.29, 1.82) is 0 Å². The van der Waals surface area contributed by atoms with E-state index in [9.17, 15) is 0 Å². The molecule has 0 unspecified atom stereocenters. The average Bonchev–Trinajstić information content (AvgIpc) is 2.56. The summed E-state index contributed by atoms with van der Waals surface area (Å²) in [7, 11) is 0. The van der Waals surface area contributed by atoms with Crippen molar-refractivity contribution in [2.75, 3.05) is 19.7 Å². The zero-order valence-corrected chi connectivity index (χ0v) is 11.9. The number of ether oxygens (including phenoxy) is 2. The molecule has 21 heavy (non-hydrogen) atoms. The Balaban J connectivity index is 1.55. The van der Waals surface area contributed by atoms with Crippen molar-refractivity contribution >= 4 is 0 Å². The van der Waals surface area contributed by atoms with E-state index in [0.717, 1.165) is 36.8 Å². The van der Waals surface area contributed by atoms with Gasteiger partial charge in [-0.15, -0.1) is 0 Å². The molecule has 108 valence electrons. The minimum absolute atomic E-state index is 0.667. The predicted octanol–water partition coefficient (Wildman–Crippen LogP) is 3.78. The molecule has 0 radical (unpaired) electrons. The highest BCUT2D eigenvalue weighted by molar-refractivity contribution is 5.35. The van der Waals surface area contributed by atoms with Gasteiger partial charge in [-0.1, -0.05) is 24.3 Å². The molecule has 0 saturated carbocycles. The standard InChI is InChI=1S/C18H19NO2/c1-2-4-17(5-3-1)21-18-8-6-16(7-9-18)20-14-15-10-12-19-13-11-15/h1-10,19H,11-14H2. The van der Waals surface area contributed by atoms with Crippen LogP contribution in [0.15, 0.2) is 66.2 Å². The maximum atomic E-state index is 5.80. The molecule has 0 aromatic heterocycles. The van der Waals surface area contributed by atoms with Crippen LogP contribution in [0.2, 0.25) is 0 Å². The molecule has 2 aromatic rings. The van der Waals surface area contributed by atoms with Crippen molar-refractivity contribution in [1.82, 2.24) is 5.32 Å². The van der Waals surface area contributed by atoms with Crippen LogP contribution in [0.3, 0.4) is 0 Å². The average molecular weight is 281 g/mol. The van der Waals surface area contributed by atoms with Gasteiger partial charge in [0, 0.05) is 6.54 Å². The van der Waals surface area contributed by atoms with Gasteiger partial charge in [0.2, 0.25) is 0 Å². The van der Waals surface area contributed by atoms with Gasteiger partial charge in [0.15, 0.2) is 0 Å². The SMILES string of the molecule is C1=C(COc2ccc(Oc3ccccc3)cc2)CCNC1. The highest BCUT2D eigenvalue weighted by Gasteiger charge is 2.04. The lowest BCUT2D eigenvalue weighted by atomic mass is 10.1. The second kappa shape index (κ2) is 6.95. The van der Waals surface area contributed by atoms with Gasteiger partial charge in [0.05, 0.1) is 0 Å². The van der Waals surface area contributed by atoms with Crippen LogP contribution in [0.5, 0.6) is 17.2 Å². The monoisotopic (exact) mass is 281 g/mol. The molecule has 0 spiro atoms. The highest BCUT2D eigenvalue weighted by atomic mass is 16.5. The first-order valence-electron chi connectivity index (χ1n) is 7.24. The Hall–Kier alpha value is -2.26. The molecule has 0 bridgehead atoms. The summed E-state index contributed by atoms with van der Waals surface area (Å²) in [5.41, 5.74) is 1.36. The molecule has 0 aliphatic carbocycles. The molecule has 0 atom stereocenters. The molecule has 1 aliphatic heterocycles. The van der Waals surface area contributed by atoms with Crippen molar-refractivity contribution in [3.8, 4) is 17.2 Å². The largest absolute Gasteiger partial charge is 0.489 e. The van der Waals surface area contributed by atoms with E-state index in [2.05, 4.69) is 11.4 Å². The summed E-state index contributed by atoms with van der Waals surface area (Å²) < 4.78 is 11.6. The van der Waals surface area contributed by atoms with Gasteiger partial charge in [-0.3, -0.25) is 0 Å². The first-order chi connectivity index (χ1) is 10.4. The Labute approximate surface area is 125 Å². The minimum atomic E-state index is 0.667. The summed E-state index contributed by atoms with van der Waals surface area (Å²) in [6.45, 7) is 2.65. The summed E-state index contributed by atoms with van der Waals surface area (Å²) in [4.78, 5) is 0. The molecular formula is C18H19NO2. The number of para-hydroxylation sites is 1. The van der Waals surface area contributed by atoms with E-state index in [1.165, 1.54) is 5.57 Å². The van der Waals surface area contributed by atoms with Crippen LogP contribution < -0.4 is 14.8 Å². The molecule has 1 N–H and O–H groups in total. The zero-order valence-electron chi connectivity index (χ0n) is 11.9. The zero-order chi connectivity index (χ0) is 14.3. The van der Waals surface area contributed by atoms with Crippen molar-refractivity contribution in [3.05, 3.63) is 66.2 Å². The van der Waals surface area contributed by atoms with Gasteiger partial charge < -0.3 is 14.8 Å². The predicted molar refractivity (Wildman–Crippen MR) is 84.0 cm³/mol. The Kier molecular flexibility index (Phi) is 4.54. The molecule has 3 heteroatoms. The molecule has 3 nitrogen and oxygen atoms in total. The number of hydrogen-bond acceptors (Lipinski definition) is 3. The van der Waals surface area contributed by atoms with Gasteiger partial charge in [-0.05, 0) is 54.9 Å². The first kappa shape index (κ1) is 13.7. The lowest BCUT2D eigenvalue weighted by molar-refractivity contribution is 0.343. The Bertz CT molecular complexity index is 590. The fourth-order valence-electron chi connectivity index (χ4n) is 2.21. The normalized spacial score (nSPS) is 14.4. The van der Waals surface area contributed by atoms with Gasteiger partial charge >= 0.3 is 0 Å². The van der Waals surface area contributed by atoms with Crippen LogP contribution in [0.1, 0.15) is 6.42 Å². The third-order valence-electron chi connectivity index (χ3n) is 3.38. The second-order valence-corrected chi connectivity index (χ2v) is 4.99. The topological polar surface area (TPSA) is 30.5 Å². The lowest BCUT2D eigenvalue weighted by Gasteiger charge is -2.15. The Morgan fingerprint density at radius 2 is 1.57 bits per heavy atom. The maximum Gasteiger partial charge on any atom is 0.127 e. The van der Waals surface area contributed by atoms with E-state index in [-0.39, 0.29) is 0 Å². The number of rotatable bonds is 5. The second-order valence-electron chi connectivity index (χ2n) is 4.99. The number of benzene rings is 2. The summed E-state index contributed by atoms with van der Waals surface area (Å²) >= 11 is 0.